The van der Waals surface area contributed by atoms with Crippen molar-refractivity contribution in [1.82, 2.24) is 4.90 Å². The first-order valence-corrected chi connectivity index (χ1v) is 7.03. The van der Waals surface area contributed by atoms with Gasteiger partial charge in [0.15, 0.2) is 6.10 Å². The smallest absolute Gasteiger partial charge is 0.263 e. The Morgan fingerprint density at radius 2 is 2.00 bits per heavy atom. The summed E-state index contributed by atoms with van der Waals surface area (Å²) in [6.07, 6.45) is 0.371. The minimum absolute atomic E-state index is 0.0133. The third-order valence-electron chi connectivity index (χ3n) is 3.34. The summed E-state index contributed by atoms with van der Waals surface area (Å²) in [7, 11) is 0. The van der Waals surface area contributed by atoms with E-state index in [9.17, 15) is 4.79 Å². The van der Waals surface area contributed by atoms with Crippen LogP contribution in [-0.2, 0) is 16.0 Å². The Labute approximate surface area is 119 Å². The highest BCUT2D eigenvalue weighted by Crippen LogP contribution is 2.15. The van der Waals surface area contributed by atoms with E-state index in [-0.39, 0.29) is 5.91 Å². The van der Waals surface area contributed by atoms with Gasteiger partial charge < -0.3 is 20.1 Å². The molecule has 0 saturated carbocycles. The number of amides is 1. The van der Waals surface area contributed by atoms with Crippen LogP contribution < -0.4 is 10.5 Å². The molecule has 1 aliphatic rings. The first-order valence-electron chi connectivity index (χ1n) is 7.03. The van der Waals surface area contributed by atoms with Gasteiger partial charge in [0, 0.05) is 13.1 Å². The average Bonchev–Trinajstić information content (AvgIpc) is 2.49. The van der Waals surface area contributed by atoms with Gasteiger partial charge in [-0.25, -0.2) is 0 Å². The summed E-state index contributed by atoms with van der Waals surface area (Å²) in [6.45, 7) is 4.90. The number of nitrogens with two attached hydrogens (primary N) is 1. The number of carbonyl (C=O) groups is 1. The molecular formula is C15H22N2O3. The number of rotatable bonds is 5. The fraction of sp³-hybridized carbons (Fsp3) is 0.533. The van der Waals surface area contributed by atoms with Gasteiger partial charge >= 0.3 is 0 Å². The van der Waals surface area contributed by atoms with E-state index in [0.29, 0.717) is 38.6 Å². The Bertz CT molecular complexity index is 427. The number of ether oxygens (including phenoxy) is 2. The van der Waals surface area contributed by atoms with Crippen LogP contribution in [0.15, 0.2) is 24.3 Å². The van der Waals surface area contributed by atoms with Crippen LogP contribution in [0.1, 0.15) is 12.5 Å². The second-order valence-electron chi connectivity index (χ2n) is 4.88. The lowest BCUT2D eigenvalue weighted by Crippen LogP contribution is -2.46. The summed E-state index contributed by atoms with van der Waals surface area (Å²) in [5, 5.41) is 0. The van der Waals surface area contributed by atoms with Crippen LogP contribution >= 0.6 is 0 Å². The molecule has 1 aromatic rings. The van der Waals surface area contributed by atoms with Crippen LogP contribution in [0.5, 0.6) is 5.75 Å². The van der Waals surface area contributed by atoms with Crippen molar-refractivity contribution >= 4 is 5.91 Å². The van der Waals surface area contributed by atoms with Gasteiger partial charge in [0.25, 0.3) is 5.91 Å². The molecule has 0 spiro atoms. The van der Waals surface area contributed by atoms with Crippen molar-refractivity contribution in [2.45, 2.75) is 19.4 Å². The maximum absolute atomic E-state index is 12.2. The zero-order chi connectivity index (χ0) is 14.4. The van der Waals surface area contributed by atoms with Crippen LogP contribution in [0.4, 0.5) is 0 Å². The molecule has 2 rings (SSSR count). The first kappa shape index (κ1) is 14.8. The van der Waals surface area contributed by atoms with Gasteiger partial charge in [0.1, 0.15) is 5.75 Å². The van der Waals surface area contributed by atoms with Crippen molar-refractivity contribution in [2.75, 3.05) is 32.8 Å². The topological polar surface area (TPSA) is 64.8 Å². The highest BCUT2D eigenvalue weighted by atomic mass is 16.5. The van der Waals surface area contributed by atoms with Crippen molar-refractivity contribution in [3.8, 4) is 5.75 Å². The van der Waals surface area contributed by atoms with Gasteiger partial charge in [-0.1, -0.05) is 12.1 Å². The second kappa shape index (κ2) is 7.26. The van der Waals surface area contributed by atoms with E-state index in [1.807, 2.05) is 24.3 Å². The molecule has 0 aliphatic carbocycles. The fourth-order valence-electron chi connectivity index (χ4n) is 2.20. The maximum atomic E-state index is 12.2. The van der Waals surface area contributed by atoms with Crippen molar-refractivity contribution in [2.24, 2.45) is 5.73 Å². The fourth-order valence-corrected chi connectivity index (χ4v) is 2.20. The molecule has 0 bridgehead atoms. The molecule has 1 aliphatic heterocycles. The van der Waals surface area contributed by atoms with E-state index in [4.69, 9.17) is 15.2 Å². The number of carbonyl (C=O) groups excluding carboxylic acids is 1. The first-order chi connectivity index (χ1) is 9.70. The summed E-state index contributed by atoms with van der Waals surface area (Å²) < 4.78 is 10.9. The molecular weight excluding hydrogens is 256 g/mol. The van der Waals surface area contributed by atoms with E-state index < -0.39 is 6.10 Å². The zero-order valence-electron chi connectivity index (χ0n) is 11.9. The van der Waals surface area contributed by atoms with E-state index in [0.717, 1.165) is 6.42 Å². The highest BCUT2D eigenvalue weighted by molar-refractivity contribution is 5.81. The van der Waals surface area contributed by atoms with E-state index in [1.165, 1.54) is 5.56 Å². The molecule has 1 unspecified atom stereocenters. The van der Waals surface area contributed by atoms with E-state index >= 15 is 0 Å². The van der Waals surface area contributed by atoms with Crippen molar-refractivity contribution in [3.05, 3.63) is 29.8 Å². The Hall–Kier alpha value is -1.59. The molecule has 1 aromatic carbocycles. The predicted molar refractivity (Wildman–Crippen MR) is 76.7 cm³/mol. The van der Waals surface area contributed by atoms with Crippen LogP contribution in [0, 0.1) is 0 Å². The summed E-state index contributed by atoms with van der Waals surface area (Å²) >= 11 is 0. The van der Waals surface area contributed by atoms with E-state index in [1.54, 1.807) is 11.8 Å². The Balaban J connectivity index is 1.89. The third-order valence-corrected chi connectivity index (χ3v) is 3.34. The maximum Gasteiger partial charge on any atom is 0.263 e. The molecule has 2 N–H and O–H groups in total. The minimum atomic E-state index is -0.478. The molecule has 20 heavy (non-hydrogen) atoms. The molecule has 110 valence electrons. The second-order valence-corrected chi connectivity index (χ2v) is 4.88. The molecule has 0 radical (unpaired) electrons. The monoisotopic (exact) mass is 278 g/mol. The molecule has 1 amide bonds. The van der Waals surface area contributed by atoms with Crippen LogP contribution in [-0.4, -0.2) is 49.8 Å². The molecule has 1 fully saturated rings. The Kier molecular flexibility index (Phi) is 5.38. The lowest BCUT2D eigenvalue weighted by atomic mass is 10.1. The molecule has 5 nitrogen and oxygen atoms in total. The molecule has 5 heteroatoms. The summed E-state index contributed by atoms with van der Waals surface area (Å²) in [6, 6.07) is 7.73. The summed E-state index contributed by atoms with van der Waals surface area (Å²) in [5.74, 6) is 0.721. The minimum Gasteiger partial charge on any atom is -0.481 e. The van der Waals surface area contributed by atoms with E-state index in [2.05, 4.69) is 0 Å². The van der Waals surface area contributed by atoms with Gasteiger partial charge in [-0.2, -0.15) is 0 Å². The van der Waals surface area contributed by atoms with Gasteiger partial charge in [0.2, 0.25) is 0 Å². The number of nitrogens with zero attached hydrogens (tertiary/aromatic N) is 1. The molecule has 1 atom stereocenters. The lowest BCUT2D eigenvalue weighted by molar-refractivity contribution is -0.142. The van der Waals surface area contributed by atoms with Gasteiger partial charge in [-0.3, -0.25) is 4.79 Å². The lowest BCUT2D eigenvalue weighted by Gasteiger charge is -2.29. The Morgan fingerprint density at radius 3 is 2.60 bits per heavy atom. The van der Waals surface area contributed by atoms with Crippen molar-refractivity contribution in [1.29, 1.82) is 0 Å². The largest absolute Gasteiger partial charge is 0.481 e. The molecule has 1 heterocycles. The van der Waals surface area contributed by atoms with Crippen LogP contribution in [0.2, 0.25) is 0 Å². The normalized spacial score (nSPS) is 16.8. The van der Waals surface area contributed by atoms with Gasteiger partial charge in [-0.15, -0.1) is 0 Å². The van der Waals surface area contributed by atoms with Gasteiger partial charge in [-0.05, 0) is 37.6 Å². The third kappa shape index (κ3) is 3.95. The standard InChI is InChI=1S/C15H22N2O3/c1-12(15(18)17-8-10-19-11-9-17)20-14-4-2-13(3-5-14)6-7-16/h2-5,12H,6-11,16H2,1H3. The Morgan fingerprint density at radius 1 is 1.35 bits per heavy atom. The highest BCUT2D eigenvalue weighted by Gasteiger charge is 2.23. The summed E-state index contributed by atoms with van der Waals surface area (Å²) in [5.41, 5.74) is 6.68. The van der Waals surface area contributed by atoms with Crippen molar-refractivity contribution in [3.63, 3.8) is 0 Å². The SMILES string of the molecule is CC(Oc1ccc(CCN)cc1)C(=O)N1CCOCC1. The predicted octanol–water partition coefficient (Wildman–Crippen LogP) is 0.814. The zero-order valence-corrected chi connectivity index (χ0v) is 11.9. The van der Waals surface area contributed by atoms with Crippen LogP contribution in [0.3, 0.4) is 0 Å². The molecule has 0 aromatic heterocycles. The van der Waals surface area contributed by atoms with Gasteiger partial charge in [0.05, 0.1) is 13.2 Å². The number of benzene rings is 1. The van der Waals surface area contributed by atoms with Crippen molar-refractivity contribution < 1.29 is 14.3 Å². The quantitative estimate of drug-likeness (QED) is 0.866. The molecule has 1 saturated heterocycles. The number of hydrogen-bond donors (Lipinski definition) is 1. The summed E-state index contributed by atoms with van der Waals surface area (Å²) in [4.78, 5) is 14.0. The average molecular weight is 278 g/mol. The number of hydrogen-bond acceptors (Lipinski definition) is 4. The van der Waals surface area contributed by atoms with Crippen LogP contribution in [0.25, 0.3) is 0 Å². The number of morpholine rings is 1.